The molecule has 154 valence electrons. The number of benzene rings is 2. The minimum atomic E-state index is -3.45. The molecule has 0 fully saturated rings. The number of alkyl halides is 2. The van der Waals surface area contributed by atoms with E-state index in [0.717, 1.165) is 0 Å². The van der Waals surface area contributed by atoms with Crippen molar-refractivity contribution >= 4 is 21.2 Å². The van der Waals surface area contributed by atoms with Crippen molar-refractivity contribution in [1.29, 1.82) is 0 Å². The van der Waals surface area contributed by atoms with Gasteiger partial charge in [0.05, 0.1) is 17.7 Å². The normalized spacial score (nSPS) is 12.0. The molecule has 0 unspecified atom stereocenters. The second-order valence-corrected chi connectivity index (χ2v) is 8.55. The van der Waals surface area contributed by atoms with Crippen LogP contribution in [0.15, 0.2) is 47.4 Å². The number of hydrogen-bond donors (Lipinski definition) is 1. The molecule has 0 spiro atoms. The van der Waals surface area contributed by atoms with Crippen LogP contribution in [0.25, 0.3) is 11.4 Å². The van der Waals surface area contributed by atoms with E-state index >= 15 is 0 Å². The maximum absolute atomic E-state index is 13.1. The number of hydrogen-bond acceptors (Lipinski definition) is 7. The Labute approximate surface area is 166 Å². The van der Waals surface area contributed by atoms with Crippen LogP contribution in [0.5, 0.6) is 5.75 Å². The van der Waals surface area contributed by atoms with Crippen molar-refractivity contribution < 1.29 is 21.9 Å². The lowest BCUT2D eigenvalue weighted by molar-refractivity contribution is -0.158. The van der Waals surface area contributed by atoms with E-state index < -0.39 is 15.9 Å². The van der Waals surface area contributed by atoms with Crippen molar-refractivity contribution in [2.75, 3.05) is 11.1 Å². The zero-order chi connectivity index (χ0) is 21.2. The summed E-state index contributed by atoms with van der Waals surface area (Å²) in [6.07, 6.45) is -3.32. The van der Waals surface area contributed by atoms with Gasteiger partial charge in [-0.05, 0) is 35.5 Å². The summed E-state index contributed by atoms with van der Waals surface area (Å²) in [7, 11) is -1.87. The van der Waals surface area contributed by atoms with Gasteiger partial charge in [0.2, 0.25) is 5.82 Å². The van der Waals surface area contributed by atoms with Crippen molar-refractivity contribution in [3.05, 3.63) is 42.5 Å². The first-order chi connectivity index (χ1) is 13.6. The fraction of sp³-hybridized carbons (Fsp3) is 0.278. The third-order valence-electron chi connectivity index (χ3n) is 3.89. The van der Waals surface area contributed by atoms with Crippen molar-refractivity contribution in [2.45, 2.75) is 24.9 Å². The largest absolute Gasteiger partial charge is 0.433 e. The Morgan fingerprint density at radius 1 is 1.21 bits per heavy atom. The molecule has 0 amide bonds. The van der Waals surface area contributed by atoms with Gasteiger partial charge in [0.25, 0.3) is 0 Å². The Bertz CT molecular complexity index is 1130. The van der Waals surface area contributed by atoms with Gasteiger partial charge in [0, 0.05) is 29.9 Å². The maximum atomic E-state index is 13.1. The summed E-state index contributed by atoms with van der Waals surface area (Å²) >= 11 is 0. The molecule has 1 aromatic heterocycles. The van der Waals surface area contributed by atoms with E-state index in [1.807, 2.05) is 0 Å². The van der Waals surface area contributed by atoms with Crippen molar-refractivity contribution in [3.63, 3.8) is 0 Å². The number of rotatable bonds is 7. The van der Waals surface area contributed by atoms with Crippen LogP contribution in [-0.4, -0.2) is 40.5 Å². The highest BCUT2D eigenvalue weighted by atomic mass is 32.2. The standard InChI is InChI=1S/C18H19F2N5O3S/c1-4-29(26,27)14-8-9-16(15(11-14)17-22-24-25(3)23-17)21-12-6-5-7-13(10-12)28-18(2,19)20/h5-11,21H,4H2,1-3H3. The number of nitrogens with one attached hydrogen (secondary N) is 1. The molecule has 3 rings (SSSR count). The Morgan fingerprint density at radius 3 is 2.59 bits per heavy atom. The molecule has 1 N–H and O–H groups in total. The Kier molecular flexibility index (Phi) is 5.51. The van der Waals surface area contributed by atoms with E-state index in [0.29, 0.717) is 23.9 Å². The molecule has 2 aromatic carbocycles. The minimum Gasteiger partial charge on any atom is -0.433 e. The number of ether oxygens (including phenoxy) is 1. The zero-order valence-corrected chi connectivity index (χ0v) is 16.7. The van der Waals surface area contributed by atoms with Crippen LogP contribution in [-0.2, 0) is 16.9 Å². The highest BCUT2D eigenvalue weighted by Crippen LogP contribution is 2.32. The summed E-state index contributed by atoms with van der Waals surface area (Å²) in [5.41, 5.74) is 1.34. The lowest BCUT2D eigenvalue weighted by atomic mass is 10.1. The molecule has 0 saturated heterocycles. The van der Waals surface area contributed by atoms with Gasteiger partial charge >= 0.3 is 6.11 Å². The summed E-state index contributed by atoms with van der Waals surface area (Å²) in [4.78, 5) is 1.37. The lowest BCUT2D eigenvalue weighted by Crippen LogP contribution is -2.19. The van der Waals surface area contributed by atoms with Crippen LogP contribution in [0, 0.1) is 0 Å². The minimum absolute atomic E-state index is 0.0214. The molecule has 29 heavy (non-hydrogen) atoms. The fourth-order valence-electron chi connectivity index (χ4n) is 2.57. The third-order valence-corrected chi connectivity index (χ3v) is 5.62. The molecule has 0 aliphatic rings. The van der Waals surface area contributed by atoms with E-state index in [4.69, 9.17) is 0 Å². The first kappa shape index (κ1) is 20.6. The van der Waals surface area contributed by atoms with E-state index in [-0.39, 0.29) is 22.2 Å². The first-order valence-corrected chi connectivity index (χ1v) is 10.3. The number of aromatic nitrogens is 4. The quantitative estimate of drug-likeness (QED) is 0.622. The van der Waals surface area contributed by atoms with Gasteiger partial charge in [-0.1, -0.05) is 13.0 Å². The third kappa shape index (κ3) is 5.05. The topological polar surface area (TPSA) is 99.0 Å². The van der Waals surface area contributed by atoms with E-state index in [1.54, 1.807) is 32.2 Å². The predicted octanol–water partition coefficient (Wildman–Crippen LogP) is 3.41. The average molecular weight is 423 g/mol. The summed E-state index contributed by atoms with van der Waals surface area (Å²) in [6, 6.07) is 10.5. The molecule has 0 bridgehead atoms. The molecule has 0 radical (unpaired) electrons. The van der Waals surface area contributed by atoms with Gasteiger partial charge < -0.3 is 10.1 Å². The summed E-state index contributed by atoms with van der Waals surface area (Å²) < 4.78 is 55.4. The molecule has 0 aliphatic heterocycles. The number of anilines is 2. The van der Waals surface area contributed by atoms with E-state index in [1.165, 1.54) is 29.1 Å². The van der Waals surface area contributed by atoms with Gasteiger partial charge in [-0.2, -0.15) is 13.6 Å². The van der Waals surface area contributed by atoms with Crippen molar-refractivity contribution in [1.82, 2.24) is 20.2 Å². The number of sulfone groups is 1. The van der Waals surface area contributed by atoms with Crippen molar-refractivity contribution in [2.24, 2.45) is 7.05 Å². The Hall–Kier alpha value is -3.08. The zero-order valence-electron chi connectivity index (χ0n) is 15.9. The smallest absolute Gasteiger partial charge is 0.394 e. The van der Waals surface area contributed by atoms with Crippen LogP contribution in [0.1, 0.15) is 13.8 Å². The second-order valence-electron chi connectivity index (χ2n) is 6.28. The molecular weight excluding hydrogens is 404 g/mol. The number of nitrogens with zero attached hydrogens (tertiary/aromatic N) is 4. The van der Waals surface area contributed by atoms with Gasteiger partial charge in [-0.3, -0.25) is 0 Å². The van der Waals surface area contributed by atoms with Gasteiger partial charge in [-0.25, -0.2) is 8.42 Å². The Morgan fingerprint density at radius 2 is 1.97 bits per heavy atom. The molecule has 0 aliphatic carbocycles. The summed E-state index contributed by atoms with van der Waals surface area (Å²) in [5.74, 6) is 0.139. The summed E-state index contributed by atoms with van der Waals surface area (Å²) in [6.45, 7) is 2.20. The number of tetrazole rings is 1. The lowest BCUT2D eigenvalue weighted by Gasteiger charge is -2.15. The second kappa shape index (κ2) is 7.74. The molecule has 11 heteroatoms. The molecule has 1 heterocycles. The molecule has 8 nitrogen and oxygen atoms in total. The summed E-state index contributed by atoms with van der Waals surface area (Å²) in [5, 5.41) is 14.9. The SMILES string of the molecule is CCS(=O)(=O)c1ccc(Nc2cccc(OC(C)(F)F)c2)c(-c2nnn(C)n2)c1. The van der Waals surface area contributed by atoms with E-state index in [9.17, 15) is 17.2 Å². The molecular formula is C18H19F2N5O3S. The van der Waals surface area contributed by atoms with Gasteiger partial charge in [-0.15, -0.1) is 10.2 Å². The van der Waals surface area contributed by atoms with Crippen LogP contribution in [0.3, 0.4) is 0 Å². The average Bonchev–Trinajstić information content (AvgIpc) is 3.07. The predicted molar refractivity (Wildman–Crippen MR) is 103 cm³/mol. The molecule has 0 atom stereocenters. The maximum Gasteiger partial charge on any atom is 0.394 e. The monoisotopic (exact) mass is 423 g/mol. The number of halogens is 2. The van der Waals surface area contributed by atoms with Gasteiger partial charge in [0.1, 0.15) is 5.75 Å². The number of aryl methyl sites for hydroxylation is 1. The van der Waals surface area contributed by atoms with Crippen molar-refractivity contribution in [3.8, 4) is 17.1 Å². The highest BCUT2D eigenvalue weighted by molar-refractivity contribution is 7.91. The first-order valence-electron chi connectivity index (χ1n) is 8.62. The Balaban J connectivity index is 2.02. The van der Waals surface area contributed by atoms with E-state index in [2.05, 4.69) is 25.5 Å². The highest BCUT2D eigenvalue weighted by Gasteiger charge is 2.23. The van der Waals surface area contributed by atoms with Crippen LogP contribution < -0.4 is 10.1 Å². The van der Waals surface area contributed by atoms with Crippen LogP contribution in [0.4, 0.5) is 20.2 Å². The molecule has 3 aromatic rings. The molecule has 0 saturated carbocycles. The van der Waals surface area contributed by atoms with Crippen LogP contribution >= 0.6 is 0 Å². The fourth-order valence-corrected chi connectivity index (χ4v) is 3.48. The van der Waals surface area contributed by atoms with Gasteiger partial charge in [0.15, 0.2) is 9.84 Å². The van der Waals surface area contributed by atoms with Crippen LogP contribution in [0.2, 0.25) is 0 Å².